The second-order valence-corrected chi connectivity index (χ2v) is 6.90. The van der Waals surface area contributed by atoms with Gasteiger partial charge in [0, 0.05) is 5.02 Å². The van der Waals surface area contributed by atoms with Crippen molar-refractivity contribution >= 4 is 27.3 Å². The first-order valence-electron chi connectivity index (χ1n) is 6.18. The summed E-state index contributed by atoms with van der Waals surface area (Å²) in [5.41, 5.74) is 3.18. The van der Waals surface area contributed by atoms with Gasteiger partial charge in [-0.3, -0.25) is 4.72 Å². The lowest BCUT2D eigenvalue weighted by molar-refractivity contribution is 0.600. The van der Waals surface area contributed by atoms with Gasteiger partial charge in [-0.2, -0.15) is 0 Å². The van der Waals surface area contributed by atoms with E-state index in [-0.39, 0.29) is 5.75 Å². The molecule has 20 heavy (non-hydrogen) atoms. The largest absolute Gasteiger partial charge is 0.283 e. The van der Waals surface area contributed by atoms with Gasteiger partial charge in [0.15, 0.2) is 0 Å². The SMILES string of the molecule is Cc1ccc(NS(=O)(=O)Cc2ccccc2Cl)c(C)c1. The highest BCUT2D eigenvalue weighted by molar-refractivity contribution is 7.91. The molecule has 0 atom stereocenters. The van der Waals surface area contributed by atoms with Gasteiger partial charge in [0.25, 0.3) is 0 Å². The molecule has 0 fully saturated rings. The van der Waals surface area contributed by atoms with Crippen molar-refractivity contribution < 1.29 is 8.42 Å². The van der Waals surface area contributed by atoms with Gasteiger partial charge in [0.05, 0.1) is 11.4 Å². The molecule has 0 aliphatic rings. The van der Waals surface area contributed by atoms with Crippen molar-refractivity contribution in [1.29, 1.82) is 0 Å². The van der Waals surface area contributed by atoms with E-state index in [0.717, 1.165) is 11.1 Å². The molecule has 0 saturated heterocycles. The Hall–Kier alpha value is -1.52. The molecule has 0 aliphatic carbocycles. The second-order valence-electron chi connectivity index (χ2n) is 4.77. The average molecular weight is 310 g/mol. The van der Waals surface area contributed by atoms with E-state index in [9.17, 15) is 8.42 Å². The quantitative estimate of drug-likeness (QED) is 0.931. The van der Waals surface area contributed by atoms with Crippen LogP contribution in [0.1, 0.15) is 16.7 Å². The van der Waals surface area contributed by atoms with Gasteiger partial charge in [-0.05, 0) is 37.1 Å². The van der Waals surface area contributed by atoms with E-state index in [1.165, 1.54) is 0 Å². The van der Waals surface area contributed by atoms with Gasteiger partial charge < -0.3 is 0 Å². The van der Waals surface area contributed by atoms with Crippen molar-refractivity contribution in [3.05, 3.63) is 64.2 Å². The van der Waals surface area contributed by atoms with E-state index >= 15 is 0 Å². The standard InChI is InChI=1S/C15H16ClNO2S/c1-11-7-8-15(12(2)9-11)17-20(18,19)10-13-5-3-4-6-14(13)16/h3-9,17H,10H2,1-2H3. The van der Waals surface area contributed by atoms with Gasteiger partial charge in [0.2, 0.25) is 10.0 Å². The Bertz CT molecular complexity index is 726. The molecule has 0 heterocycles. The number of hydrogen-bond acceptors (Lipinski definition) is 2. The maximum Gasteiger partial charge on any atom is 0.236 e. The number of hydrogen-bond donors (Lipinski definition) is 1. The minimum Gasteiger partial charge on any atom is -0.283 e. The molecule has 0 unspecified atom stereocenters. The third-order valence-corrected chi connectivity index (χ3v) is 4.54. The molecule has 0 aliphatic heterocycles. The zero-order valence-electron chi connectivity index (χ0n) is 11.4. The molecule has 3 nitrogen and oxygen atoms in total. The van der Waals surface area contributed by atoms with Crippen molar-refractivity contribution in [2.45, 2.75) is 19.6 Å². The minimum atomic E-state index is -3.48. The Kier molecular flexibility index (Phi) is 4.35. The summed E-state index contributed by atoms with van der Waals surface area (Å²) in [5, 5.41) is 0.457. The van der Waals surface area contributed by atoms with Gasteiger partial charge in [-0.25, -0.2) is 8.42 Å². The van der Waals surface area contributed by atoms with Gasteiger partial charge >= 0.3 is 0 Å². The predicted octanol–water partition coefficient (Wildman–Crippen LogP) is 3.90. The van der Waals surface area contributed by atoms with Crippen LogP contribution in [0.3, 0.4) is 0 Å². The maximum absolute atomic E-state index is 12.2. The Labute approximate surface area is 124 Å². The molecule has 0 spiro atoms. The van der Waals surface area contributed by atoms with Crippen LogP contribution in [-0.4, -0.2) is 8.42 Å². The second kappa shape index (κ2) is 5.85. The lowest BCUT2D eigenvalue weighted by atomic mass is 10.1. The van der Waals surface area contributed by atoms with E-state index < -0.39 is 10.0 Å². The first kappa shape index (κ1) is 14.9. The fourth-order valence-electron chi connectivity index (χ4n) is 1.95. The fraction of sp³-hybridized carbons (Fsp3) is 0.200. The predicted molar refractivity (Wildman–Crippen MR) is 83.6 cm³/mol. The van der Waals surface area contributed by atoms with Crippen LogP contribution >= 0.6 is 11.6 Å². The topological polar surface area (TPSA) is 46.2 Å². The Morgan fingerprint density at radius 2 is 1.80 bits per heavy atom. The summed E-state index contributed by atoms with van der Waals surface area (Å²) < 4.78 is 27.0. The van der Waals surface area contributed by atoms with E-state index in [2.05, 4.69) is 4.72 Å². The number of anilines is 1. The van der Waals surface area contributed by atoms with E-state index in [1.807, 2.05) is 26.0 Å². The van der Waals surface area contributed by atoms with Gasteiger partial charge in [0.1, 0.15) is 0 Å². The third-order valence-electron chi connectivity index (χ3n) is 2.95. The zero-order chi connectivity index (χ0) is 14.8. The fourth-order valence-corrected chi connectivity index (χ4v) is 3.53. The summed E-state index contributed by atoms with van der Waals surface area (Å²) in [7, 11) is -3.48. The van der Waals surface area contributed by atoms with Crippen LogP contribution in [0.5, 0.6) is 0 Å². The van der Waals surface area contributed by atoms with Crippen LogP contribution in [0, 0.1) is 13.8 Å². The summed E-state index contributed by atoms with van der Waals surface area (Å²) in [6.07, 6.45) is 0. The van der Waals surface area contributed by atoms with Crippen molar-refractivity contribution in [1.82, 2.24) is 0 Å². The summed E-state index contributed by atoms with van der Waals surface area (Å²) in [6, 6.07) is 12.5. The highest BCUT2D eigenvalue weighted by Crippen LogP contribution is 2.21. The summed E-state index contributed by atoms with van der Waals surface area (Å²) in [4.78, 5) is 0. The van der Waals surface area contributed by atoms with Crippen LogP contribution in [0.15, 0.2) is 42.5 Å². The number of benzene rings is 2. The van der Waals surface area contributed by atoms with E-state index in [1.54, 1.807) is 30.3 Å². The molecule has 0 amide bonds. The molecule has 2 rings (SSSR count). The Morgan fingerprint density at radius 1 is 1.10 bits per heavy atom. The van der Waals surface area contributed by atoms with Gasteiger partial charge in [-0.15, -0.1) is 0 Å². The van der Waals surface area contributed by atoms with Crippen molar-refractivity contribution in [2.24, 2.45) is 0 Å². The Balaban J connectivity index is 2.22. The first-order chi connectivity index (χ1) is 9.37. The molecule has 1 N–H and O–H groups in total. The molecular weight excluding hydrogens is 294 g/mol. The van der Waals surface area contributed by atoms with Crippen molar-refractivity contribution in [3.63, 3.8) is 0 Å². The van der Waals surface area contributed by atoms with Crippen LogP contribution in [-0.2, 0) is 15.8 Å². The summed E-state index contributed by atoms with van der Waals surface area (Å²) >= 11 is 5.99. The van der Waals surface area contributed by atoms with E-state index in [0.29, 0.717) is 16.3 Å². The van der Waals surface area contributed by atoms with Crippen molar-refractivity contribution in [3.8, 4) is 0 Å². The number of sulfonamides is 1. The smallest absolute Gasteiger partial charge is 0.236 e. The molecular formula is C15H16ClNO2S. The highest BCUT2D eigenvalue weighted by Gasteiger charge is 2.14. The van der Waals surface area contributed by atoms with Crippen LogP contribution in [0.4, 0.5) is 5.69 Å². The lowest BCUT2D eigenvalue weighted by Crippen LogP contribution is -2.16. The molecule has 0 radical (unpaired) electrons. The first-order valence-corrected chi connectivity index (χ1v) is 8.21. The summed E-state index contributed by atoms with van der Waals surface area (Å²) in [5.74, 6) is -0.139. The number of nitrogens with one attached hydrogen (secondary N) is 1. The average Bonchev–Trinajstić information content (AvgIpc) is 2.35. The van der Waals surface area contributed by atoms with Gasteiger partial charge in [-0.1, -0.05) is 47.5 Å². The molecule has 2 aromatic carbocycles. The molecule has 106 valence electrons. The molecule has 0 bridgehead atoms. The minimum absolute atomic E-state index is 0.139. The van der Waals surface area contributed by atoms with Crippen LogP contribution in [0.2, 0.25) is 5.02 Å². The van der Waals surface area contributed by atoms with Crippen molar-refractivity contribution in [2.75, 3.05) is 4.72 Å². The third kappa shape index (κ3) is 3.74. The zero-order valence-corrected chi connectivity index (χ0v) is 12.9. The van der Waals surface area contributed by atoms with Crippen LogP contribution < -0.4 is 4.72 Å². The molecule has 2 aromatic rings. The number of halogens is 1. The van der Waals surface area contributed by atoms with Crippen LogP contribution in [0.25, 0.3) is 0 Å². The van der Waals surface area contributed by atoms with E-state index in [4.69, 9.17) is 11.6 Å². The normalized spacial score (nSPS) is 11.3. The number of rotatable bonds is 4. The monoisotopic (exact) mass is 309 g/mol. The molecule has 5 heteroatoms. The molecule has 0 aromatic heterocycles. The molecule has 0 saturated carbocycles. The maximum atomic E-state index is 12.2. The number of aryl methyl sites for hydroxylation is 2. The Morgan fingerprint density at radius 3 is 2.45 bits per heavy atom. The highest BCUT2D eigenvalue weighted by atomic mass is 35.5. The summed E-state index contributed by atoms with van der Waals surface area (Å²) in [6.45, 7) is 3.84. The lowest BCUT2D eigenvalue weighted by Gasteiger charge is -2.11.